The minimum absolute atomic E-state index is 0.0747. The summed E-state index contributed by atoms with van der Waals surface area (Å²) in [5.74, 6) is -0.805. The Morgan fingerprint density at radius 2 is 1.57 bits per heavy atom. The molecule has 0 heterocycles. The van der Waals surface area contributed by atoms with Crippen LogP contribution in [0, 0.1) is 11.8 Å². The quantitative estimate of drug-likeness (QED) is 0.116. The zero-order valence-electron chi connectivity index (χ0n) is 17.1. The summed E-state index contributed by atoms with van der Waals surface area (Å²) in [7, 11) is 0. The maximum absolute atomic E-state index is 12.0. The Morgan fingerprint density at radius 3 is 2.14 bits per heavy atom. The third kappa shape index (κ3) is 15.4. The summed E-state index contributed by atoms with van der Waals surface area (Å²) in [6.45, 7) is 5.04. The topological polar surface area (TPSA) is 96.0 Å². The van der Waals surface area contributed by atoms with E-state index in [0.29, 0.717) is 0 Å². The van der Waals surface area contributed by atoms with Crippen LogP contribution in [-0.2, 0) is 33.4 Å². The highest BCUT2D eigenvalue weighted by atomic mass is 35.5. The molecule has 7 nitrogen and oxygen atoms in total. The molecule has 0 spiro atoms. The third-order valence-corrected chi connectivity index (χ3v) is 4.73. The number of rotatable bonds is 17. The molecule has 0 aliphatic rings. The number of halogens is 1. The van der Waals surface area contributed by atoms with Crippen molar-refractivity contribution < 1.29 is 33.4 Å². The molecule has 8 heteroatoms. The monoisotopic (exact) mass is 420 g/mol. The number of esters is 2. The highest BCUT2D eigenvalue weighted by molar-refractivity contribution is 6.63. The van der Waals surface area contributed by atoms with Crippen molar-refractivity contribution in [2.24, 2.45) is 11.8 Å². The molecule has 0 fully saturated rings. The minimum atomic E-state index is -0.795. The van der Waals surface area contributed by atoms with Crippen molar-refractivity contribution in [3.63, 3.8) is 0 Å². The molecule has 162 valence electrons. The van der Waals surface area contributed by atoms with Gasteiger partial charge >= 0.3 is 11.9 Å². The van der Waals surface area contributed by atoms with Gasteiger partial charge in [-0.15, -0.1) is 0 Å². The van der Waals surface area contributed by atoms with Crippen LogP contribution in [0.2, 0.25) is 0 Å². The molecule has 3 atom stereocenters. The maximum Gasteiger partial charge on any atom is 0.306 e. The van der Waals surface area contributed by atoms with E-state index in [2.05, 4.69) is 4.74 Å². The summed E-state index contributed by atoms with van der Waals surface area (Å²) in [6.07, 6.45) is 6.44. The molecule has 0 rings (SSSR count). The lowest BCUT2D eigenvalue weighted by molar-refractivity contribution is -0.163. The number of hydrogen-bond donors (Lipinski definition) is 0. The van der Waals surface area contributed by atoms with Gasteiger partial charge in [0.2, 0.25) is 5.24 Å². The summed E-state index contributed by atoms with van der Waals surface area (Å²) >= 11 is 5.43. The van der Waals surface area contributed by atoms with E-state index in [1.54, 1.807) is 0 Å². The predicted octanol–water partition coefficient (Wildman–Crippen LogP) is 3.79. The van der Waals surface area contributed by atoms with Gasteiger partial charge in [-0.05, 0) is 23.9 Å². The Morgan fingerprint density at radius 1 is 0.964 bits per heavy atom. The lowest BCUT2D eigenvalue weighted by Crippen LogP contribution is -2.29. The smallest absolute Gasteiger partial charge is 0.306 e. The second-order valence-electron chi connectivity index (χ2n) is 7.20. The Kier molecular flexibility index (Phi) is 15.4. The number of hydrogen-bond acceptors (Lipinski definition) is 7. The first kappa shape index (κ1) is 26.4. The van der Waals surface area contributed by atoms with Gasteiger partial charge in [0.25, 0.3) is 6.47 Å². The van der Waals surface area contributed by atoms with Crippen LogP contribution in [0.4, 0.5) is 0 Å². The fraction of sp³-hybridized carbons (Fsp3) is 0.800. The first-order valence-electron chi connectivity index (χ1n) is 9.83. The molecule has 3 unspecified atom stereocenters. The van der Waals surface area contributed by atoms with E-state index in [0.717, 1.165) is 44.9 Å². The van der Waals surface area contributed by atoms with E-state index >= 15 is 0 Å². The number of carbonyl (C=O) groups is 4. The van der Waals surface area contributed by atoms with Gasteiger partial charge in [-0.3, -0.25) is 19.2 Å². The molecule has 0 saturated carbocycles. The summed E-state index contributed by atoms with van der Waals surface area (Å²) in [6, 6.07) is 0. The summed E-state index contributed by atoms with van der Waals surface area (Å²) in [5.41, 5.74) is 0. The molecule has 0 aliphatic heterocycles. The van der Waals surface area contributed by atoms with Gasteiger partial charge < -0.3 is 14.2 Å². The van der Waals surface area contributed by atoms with Crippen molar-refractivity contribution in [2.45, 2.75) is 78.2 Å². The second-order valence-corrected chi connectivity index (χ2v) is 7.58. The van der Waals surface area contributed by atoms with E-state index in [1.807, 2.05) is 13.8 Å². The molecule has 0 aliphatic carbocycles. The van der Waals surface area contributed by atoms with Crippen LogP contribution in [0.15, 0.2) is 0 Å². The molecular formula is C20H33ClO7. The van der Waals surface area contributed by atoms with Crippen molar-refractivity contribution >= 4 is 35.3 Å². The van der Waals surface area contributed by atoms with Gasteiger partial charge in [-0.1, -0.05) is 52.4 Å². The normalized spacial score (nSPS) is 13.9. The zero-order chi connectivity index (χ0) is 21.4. The van der Waals surface area contributed by atoms with Gasteiger partial charge in [0, 0.05) is 19.3 Å². The number of unbranched alkanes of at least 4 members (excludes halogenated alkanes) is 4. The molecule has 0 aromatic rings. The third-order valence-electron chi connectivity index (χ3n) is 4.36. The SMILES string of the molecule is CC(=O)OCC(COC=O)OC(=O)CC(C)CCCCCCCC(C)C(=O)Cl. The predicted molar refractivity (Wildman–Crippen MR) is 105 cm³/mol. The molecular weight excluding hydrogens is 388 g/mol. The Balaban J connectivity index is 3.91. The van der Waals surface area contributed by atoms with Crippen LogP contribution in [-0.4, -0.2) is 43.0 Å². The lowest BCUT2D eigenvalue weighted by Gasteiger charge is -2.18. The largest absolute Gasteiger partial charge is 0.464 e. The van der Waals surface area contributed by atoms with Crippen LogP contribution >= 0.6 is 11.6 Å². The Labute approximate surface area is 172 Å². The minimum Gasteiger partial charge on any atom is -0.464 e. The maximum atomic E-state index is 12.0. The molecule has 28 heavy (non-hydrogen) atoms. The van der Waals surface area contributed by atoms with E-state index in [9.17, 15) is 19.2 Å². The van der Waals surface area contributed by atoms with Gasteiger partial charge in [0.05, 0.1) is 0 Å². The molecule has 0 saturated heterocycles. The molecule has 0 radical (unpaired) electrons. The fourth-order valence-corrected chi connectivity index (χ4v) is 2.79. The molecule has 0 amide bonds. The summed E-state index contributed by atoms with van der Waals surface area (Å²) in [4.78, 5) is 44.1. The van der Waals surface area contributed by atoms with E-state index in [1.165, 1.54) is 6.92 Å². The highest BCUT2D eigenvalue weighted by Crippen LogP contribution is 2.17. The van der Waals surface area contributed by atoms with Gasteiger partial charge in [0.1, 0.15) is 13.2 Å². The van der Waals surface area contributed by atoms with E-state index in [-0.39, 0.29) is 43.2 Å². The highest BCUT2D eigenvalue weighted by Gasteiger charge is 2.19. The standard InChI is InChI=1S/C20H33ClO7/c1-15(9-7-5-4-6-8-10-16(2)20(21)25)11-19(24)28-18(12-26-14-22)13-27-17(3)23/h14-16,18H,4-13H2,1-3H3. The van der Waals surface area contributed by atoms with Crippen molar-refractivity contribution in [3.8, 4) is 0 Å². The number of carbonyl (C=O) groups excluding carboxylic acids is 4. The van der Waals surface area contributed by atoms with E-state index < -0.39 is 18.0 Å². The molecule has 0 N–H and O–H groups in total. The Bertz CT molecular complexity index is 481. The molecule has 0 aromatic carbocycles. The second kappa shape index (κ2) is 16.3. The van der Waals surface area contributed by atoms with Crippen LogP contribution in [0.25, 0.3) is 0 Å². The Hall–Kier alpha value is -1.63. The van der Waals surface area contributed by atoms with Crippen LogP contribution < -0.4 is 0 Å². The van der Waals surface area contributed by atoms with Gasteiger partial charge in [-0.25, -0.2) is 0 Å². The first-order valence-corrected chi connectivity index (χ1v) is 10.2. The van der Waals surface area contributed by atoms with Crippen molar-refractivity contribution in [1.82, 2.24) is 0 Å². The lowest BCUT2D eigenvalue weighted by atomic mass is 9.98. The number of ether oxygens (including phenoxy) is 3. The van der Waals surface area contributed by atoms with Crippen molar-refractivity contribution in [2.75, 3.05) is 13.2 Å². The average molecular weight is 421 g/mol. The van der Waals surface area contributed by atoms with Crippen molar-refractivity contribution in [3.05, 3.63) is 0 Å². The molecule has 0 bridgehead atoms. The van der Waals surface area contributed by atoms with Gasteiger partial charge in [-0.2, -0.15) is 0 Å². The average Bonchev–Trinajstić information content (AvgIpc) is 2.62. The van der Waals surface area contributed by atoms with Crippen molar-refractivity contribution in [1.29, 1.82) is 0 Å². The first-order chi connectivity index (χ1) is 13.3. The van der Waals surface area contributed by atoms with Crippen LogP contribution in [0.5, 0.6) is 0 Å². The van der Waals surface area contributed by atoms with Gasteiger partial charge in [0.15, 0.2) is 6.10 Å². The van der Waals surface area contributed by atoms with Crippen LogP contribution in [0.3, 0.4) is 0 Å². The summed E-state index contributed by atoms with van der Waals surface area (Å²) in [5, 5.41) is -0.270. The zero-order valence-corrected chi connectivity index (χ0v) is 17.9. The van der Waals surface area contributed by atoms with E-state index in [4.69, 9.17) is 21.1 Å². The fourth-order valence-electron chi connectivity index (χ4n) is 2.68. The summed E-state index contributed by atoms with van der Waals surface area (Å²) < 4.78 is 14.6. The van der Waals surface area contributed by atoms with Crippen LogP contribution in [0.1, 0.15) is 72.1 Å². The molecule has 0 aromatic heterocycles.